The summed E-state index contributed by atoms with van der Waals surface area (Å²) >= 11 is 0. The van der Waals surface area contributed by atoms with E-state index in [-0.39, 0.29) is 5.41 Å². The van der Waals surface area contributed by atoms with Gasteiger partial charge in [-0.1, -0.05) is 26.0 Å². The minimum atomic E-state index is -0.114. The van der Waals surface area contributed by atoms with Gasteiger partial charge in [0, 0.05) is 40.3 Å². The second kappa shape index (κ2) is 3.76. The number of aromatic amines is 1. The number of H-pyrrole nitrogens is 1. The number of aliphatic imine (C=N–C) groups is 1. The zero-order chi connectivity index (χ0) is 13.7. The smallest absolute Gasteiger partial charge is 0.0754 e. The SMILES string of the molecule is CC1(C)C(c2cn[nH]c2)=Nc2c1ccc1cnccc21. The third-order valence-electron chi connectivity index (χ3n) is 4.05. The first-order valence-corrected chi connectivity index (χ1v) is 6.63. The Morgan fingerprint density at radius 2 is 2.00 bits per heavy atom. The summed E-state index contributed by atoms with van der Waals surface area (Å²) in [6.45, 7) is 4.41. The third-order valence-corrected chi connectivity index (χ3v) is 4.05. The summed E-state index contributed by atoms with van der Waals surface area (Å²) in [5.41, 5.74) is 4.31. The van der Waals surface area contributed by atoms with Gasteiger partial charge in [-0.25, -0.2) is 0 Å². The molecule has 0 radical (unpaired) electrons. The number of nitrogens with one attached hydrogen (secondary N) is 1. The van der Waals surface area contributed by atoms with Crippen LogP contribution in [0.15, 0.2) is 48.0 Å². The van der Waals surface area contributed by atoms with Crippen molar-refractivity contribution in [3.63, 3.8) is 0 Å². The maximum Gasteiger partial charge on any atom is 0.0754 e. The molecule has 4 heteroatoms. The van der Waals surface area contributed by atoms with Gasteiger partial charge in [0.15, 0.2) is 0 Å². The Morgan fingerprint density at radius 1 is 1.10 bits per heavy atom. The normalized spacial score (nSPS) is 16.2. The minimum absolute atomic E-state index is 0.114. The minimum Gasteiger partial charge on any atom is -0.285 e. The van der Waals surface area contributed by atoms with Crippen LogP contribution < -0.4 is 0 Å². The van der Waals surface area contributed by atoms with E-state index in [1.807, 2.05) is 30.9 Å². The van der Waals surface area contributed by atoms with Crippen molar-refractivity contribution >= 4 is 22.2 Å². The molecule has 0 saturated carbocycles. The van der Waals surface area contributed by atoms with Gasteiger partial charge in [-0.3, -0.25) is 15.1 Å². The molecule has 0 amide bonds. The van der Waals surface area contributed by atoms with Crippen LogP contribution in [0.5, 0.6) is 0 Å². The predicted molar refractivity (Wildman–Crippen MR) is 79.6 cm³/mol. The summed E-state index contributed by atoms with van der Waals surface area (Å²) in [5.74, 6) is 0. The van der Waals surface area contributed by atoms with Crippen molar-refractivity contribution in [2.75, 3.05) is 0 Å². The van der Waals surface area contributed by atoms with Crippen LogP contribution >= 0.6 is 0 Å². The lowest BCUT2D eigenvalue weighted by molar-refractivity contribution is 0.738. The van der Waals surface area contributed by atoms with E-state index in [1.54, 1.807) is 0 Å². The first kappa shape index (κ1) is 11.3. The van der Waals surface area contributed by atoms with E-state index in [4.69, 9.17) is 4.99 Å². The first-order valence-electron chi connectivity index (χ1n) is 6.63. The van der Waals surface area contributed by atoms with Gasteiger partial charge in [-0.15, -0.1) is 0 Å². The summed E-state index contributed by atoms with van der Waals surface area (Å²) in [6, 6.07) is 6.32. The summed E-state index contributed by atoms with van der Waals surface area (Å²) in [6.07, 6.45) is 7.43. The van der Waals surface area contributed by atoms with Crippen LogP contribution in [-0.2, 0) is 5.41 Å². The number of hydrogen-bond donors (Lipinski definition) is 1. The van der Waals surface area contributed by atoms with Crippen molar-refractivity contribution in [3.05, 3.63) is 54.1 Å². The molecule has 0 aliphatic carbocycles. The number of nitrogens with zero attached hydrogens (tertiary/aromatic N) is 3. The second-order valence-electron chi connectivity index (χ2n) is 5.63. The number of aromatic nitrogens is 3. The highest BCUT2D eigenvalue weighted by Gasteiger charge is 2.36. The Balaban J connectivity index is 2.04. The van der Waals surface area contributed by atoms with Gasteiger partial charge in [-0.05, 0) is 11.6 Å². The van der Waals surface area contributed by atoms with Crippen molar-refractivity contribution < 1.29 is 0 Å². The molecule has 4 nitrogen and oxygen atoms in total. The number of pyridine rings is 1. The highest BCUT2D eigenvalue weighted by molar-refractivity contribution is 6.15. The molecule has 20 heavy (non-hydrogen) atoms. The van der Waals surface area contributed by atoms with Crippen LogP contribution in [0.3, 0.4) is 0 Å². The van der Waals surface area contributed by atoms with Crippen molar-refractivity contribution in [1.29, 1.82) is 0 Å². The number of rotatable bonds is 1. The Hall–Kier alpha value is -2.49. The van der Waals surface area contributed by atoms with Crippen molar-refractivity contribution in [1.82, 2.24) is 15.2 Å². The zero-order valence-electron chi connectivity index (χ0n) is 11.4. The lowest BCUT2D eigenvalue weighted by atomic mass is 9.79. The molecule has 0 fully saturated rings. The third kappa shape index (κ3) is 1.39. The molecule has 1 aliphatic heterocycles. The first-order chi connectivity index (χ1) is 9.68. The molecule has 2 aromatic heterocycles. The van der Waals surface area contributed by atoms with E-state index in [1.165, 1.54) is 5.56 Å². The molecule has 3 aromatic rings. The van der Waals surface area contributed by atoms with Gasteiger partial charge in [0.05, 0.1) is 17.6 Å². The highest BCUT2D eigenvalue weighted by Crippen LogP contribution is 2.45. The maximum absolute atomic E-state index is 4.90. The molecule has 1 aliphatic rings. The lowest BCUT2D eigenvalue weighted by Gasteiger charge is -2.21. The molecular formula is C16H14N4. The van der Waals surface area contributed by atoms with Crippen LogP contribution in [0, 0.1) is 0 Å². The molecule has 0 bridgehead atoms. The van der Waals surface area contributed by atoms with E-state index in [0.717, 1.165) is 27.7 Å². The Bertz CT molecular complexity index is 829. The van der Waals surface area contributed by atoms with Crippen molar-refractivity contribution in [2.24, 2.45) is 4.99 Å². The van der Waals surface area contributed by atoms with Gasteiger partial charge in [0.25, 0.3) is 0 Å². The Morgan fingerprint density at radius 3 is 2.80 bits per heavy atom. The van der Waals surface area contributed by atoms with Crippen LogP contribution in [-0.4, -0.2) is 20.9 Å². The summed E-state index contributed by atoms with van der Waals surface area (Å²) in [7, 11) is 0. The molecule has 3 heterocycles. The molecule has 0 atom stereocenters. The van der Waals surface area contributed by atoms with Crippen LogP contribution in [0.2, 0.25) is 0 Å². The fraction of sp³-hybridized carbons (Fsp3) is 0.188. The second-order valence-corrected chi connectivity index (χ2v) is 5.63. The monoisotopic (exact) mass is 262 g/mol. The van der Waals surface area contributed by atoms with Gasteiger partial charge in [-0.2, -0.15) is 5.10 Å². The van der Waals surface area contributed by atoms with Crippen molar-refractivity contribution in [3.8, 4) is 0 Å². The molecule has 1 N–H and O–H groups in total. The van der Waals surface area contributed by atoms with E-state index in [0.29, 0.717) is 0 Å². The van der Waals surface area contributed by atoms with Crippen LogP contribution in [0.25, 0.3) is 10.8 Å². The van der Waals surface area contributed by atoms with Crippen LogP contribution in [0.1, 0.15) is 25.0 Å². The quantitative estimate of drug-likeness (QED) is 0.731. The Kier molecular flexibility index (Phi) is 2.13. The standard InChI is InChI=1S/C16H14N4/c1-16(2)13-4-3-10-7-17-6-5-12(10)14(13)20-15(16)11-8-18-19-9-11/h3-9H,1-2H3,(H,18,19). The van der Waals surface area contributed by atoms with Gasteiger partial charge in [0.1, 0.15) is 0 Å². The lowest BCUT2D eigenvalue weighted by Crippen LogP contribution is -2.25. The maximum atomic E-state index is 4.90. The number of fused-ring (bicyclic) bond motifs is 3. The molecule has 0 saturated heterocycles. The molecular weight excluding hydrogens is 248 g/mol. The largest absolute Gasteiger partial charge is 0.285 e. The molecule has 0 spiro atoms. The molecule has 98 valence electrons. The van der Waals surface area contributed by atoms with Gasteiger partial charge in [0.2, 0.25) is 0 Å². The average molecular weight is 262 g/mol. The zero-order valence-corrected chi connectivity index (χ0v) is 11.4. The van der Waals surface area contributed by atoms with Gasteiger partial charge >= 0.3 is 0 Å². The topological polar surface area (TPSA) is 53.9 Å². The van der Waals surface area contributed by atoms with E-state index in [2.05, 4.69) is 41.2 Å². The molecule has 4 rings (SSSR count). The summed E-state index contributed by atoms with van der Waals surface area (Å²) in [5, 5.41) is 9.19. The van der Waals surface area contributed by atoms with Crippen molar-refractivity contribution in [2.45, 2.75) is 19.3 Å². The van der Waals surface area contributed by atoms with Crippen LogP contribution in [0.4, 0.5) is 5.69 Å². The van der Waals surface area contributed by atoms with E-state index < -0.39 is 0 Å². The summed E-state index contributed by atoms with van der Waals surface area (Å²) < 4.78 is 0. The number of hydrogen-bond acceptors (Lipinski definition) is 3. The fourth-order valence-corrected chi connectivity index (χ4v) is 2.96. The average Bonchev–Trinajstić information content (AvgIpc) is 3.05. The summed E-state index contributed by atoms with van der Waals surface area (Å²) in [4.78, 5) is 9.08. The predicted octanol–water partition coefficient (Wildman–Crippen LogP) is 3.37. The number of benzene rings is 1. The van der Waals surface area contributed by atoms with E-state index in [9.17, 15) is 0 Å². The Labute approximate surface area is 116 Å². The van der Waals surface area contributed by atoms with E-state index >= 15 is 0 Å². The molecule has 1 aromatic carbocycles. The highest BCUT2D eigenvalue weighted by atomic mass is 15.1. The fourth-order valence-electron chi connectivity index (χ4n) is 2.96. The van der Waals surface area contributed by atoms with Gasteiger partial charge < -0.3 is 0 Å². The molecule has 0 unspecified atom stereocenters.